The summed E-state index contributed by atoms with van der Waals surface area (Å²) >= 11 is 11.7. The summed E-state index contributed by atoms with van der Waals surface area (Å²) in [6.45, 7) is 1.45. The summed E-state index contributed by atoms with van der Waals surface area (Å²) in [6.07, 6.45) is 1.19. The number of imidazole rings is 1. The molecule has 24 heavy (non-hydrogen) atoms. The maximum absolute atomic E-state index is 10.5. The van der Waals surface area contributed by atoms with Gasteiger partial charge in [0.2, 0.25) is 0 Å². The van der Waals surface area contributed by atoms with Gasteiger partial charge >= 0.3 is 68.9 Å². The Kier molecular flexibility index (Phi) is 10.7. The second kappa shape index (κ2) is 11.3. The van der Waals surface area contributed by atoms with Crippen LogP contribution in [0.3, 0.4) is 0 Å². The van der Waals surface area contributed by atoms with Gasteiger partial charge in [-0.15, -0.1) is 23.2 Å². The van der Waals surface area contributed by atoms with Crippen molar-refractivity contribution in [3.05, 3.63) is 24.0 Å². The van der Waals surface area contributed by atoms with E-state index in [4.69, 9.17) is 23.2 Å². The van der Waals surface area contributed by atoms with E-state index >= 15 is 0 Å². The van der Waals surface area contributed by atoms with Crippen LogP contribution in [0.2, 0.25) is 0 Å². The monoisotopic (exact) mass is 489 g/mol. The van der Waals surface area contributed by atoms with Crippen LogP contribution >= 0.6 is 23.2 Å². The molecule has 5 nitrogen and oxygen atoms in total. The van der Waals surface area contributed by atoms with Gasteiger partial charge in [-0.2, -0.15) is 0 Å². The van der Waals surface area contributed by atoms with E-state index < -0.39 is 5.97 Å². The largest absolute Gasteiger partial charge is 1.00 e. The van der Waals surface area contributed by atoms with Gasteiger partial charge in [-0.3, -0.25) is 0 Å². The molecule has 0 aliphatic carbocycles. The quantitative estimate of drug-likeness (QED) is 0.421. The molecule has 0 unspecified atom stereocenters. The van der Waals surface area contributed by atoms with Crippen molar-refractivity contribution in [1.29, 1.82) is 0 Å². The maximum atomic E-state index is 10.5. The summed E-state index contributed by atoms with van der Waals surface area (Å²) < 4.78 is 2.00. The number of aromatic nitrogens is 2. The zero-order valence-corrected chi connectivity index (χ0v) is 21.9. The molecule has 0 aliphatic heterocycles. The third-order valence-corrected chi connectivity index (χ3v) is 4.15. The molecule has 126 valence electrons. The van der Waals surface area contributed by atoms with E-state index in [1.807, 2.05) is 29.8 Å². The number of fused-ring (bicyclic) bond motifs is 1. The summed E-state index contributed by atoms with van der Waals surface area (Å²) in [6, 6.07) is 6.08. The Hall–Kier alpha value is 0.592. The van der Waals surface area contributed by atoms with E-state index in [1.165, 1.54) is 0 Å². The molecule has 0 saturated heterocycles. The smallest absolute Gasteiger partial charge is 0.550 e. The first-order chi connectivity index (χ1) is 11.1. The fourth-order valence-corrected chi connectivity index (χ4v) is 3.03. The normalized spacial score (nSPS) is 10.6. The number of rotatable bonds is 9. The van der Waals surface area contributed by atoms with Gasteiger partial charge in [-0.25, -0.2) is 4.98 Å². The maximum Gasteiger partial charge on any atom is 1.00 e. The third-order valence-electron chi connectivity index (χ3n) is 3.81. The van der Waals surface area contributed by atoms with E-state index in [2.05, 4.69) is 9.88 Å². The molecule has 0 amide bonds. The Bertz CT molecular complexity index is 673. The number of carboxylic acid groups (broad SMARTS) is 1. The van der Waals surface area contributed by atoms with Crippen LogP contribution in [0.4, 0.5) is 5.69 Å². The molecular weight excluding hydrogens is 470 g/mol. The zero-order valence-electron chi connectivity index (χ0n) is 14.1. The predicted octanol–water partition coefficient (Wildman–Crippen LogP) is -1.07. The number of carbonyl (C=O) groups is 1. The second-order valence-corrected chi connectivity index (χ2v) is 6.11. The van der Waals surface area contributed by atoms with Crippen molar-refractivity contribution in [3.63, 3.8) is 0 Å². The predicted molar refractivity (Wildman–Crippen MR) is 92.3 cm³/mol. The fourth-order valence-electron chi connectivity index (χ4n) is 2.62. The van der Waals surface area contributed by atoms with Crippen LogP contribution in [0.15, 0.2) is 18.2 Å². The Labute approximate surface area is 211 Å². The number of halogens is 2. The number of benzene rings is 1. The number of aryl methyl sites for hydroxylation is 2. The molecule has 0 aliphatic rings. The van der Waals surface area contributed by atoms with Gasteiger partial charge in [0.05, 0.1) is 11.0 Å². The molecule has 0 saturated carbocycles. The standard InChI is InChI=1S/C16H21Cl2N3O2.Cs/c1-20-14-6-5-12(21(9-7-17)10-8-18)11-13(14)19-15(20)3-2-4-16(22)23;/h5-6,11H,2-4,7-10H2,1H3,(H,22,23);/q;+1/p-1. The summed E-state index contributed by atoms with van der Waals surface area (Å²) in [5.74, 6) is 0.917. The number of aliphatic carboxylic acids is 1. The van der Waals surface area contributed by atoms with Gasteiger partial charge in [0.25, 0.3) is 0 Å². The number of alkyl halides is 2. The fraction of sp³-hybridized carbons (Fsp3) is 0.500. The summed E-state index contributed by atoms with van der Waals surface area (Å²) in [7, 11) is 1.94. The number of carboxylic acids is 1. The van der Waals surface area contributed by atoms with Gasteiger partial charge in [0.15, 0.2) is 0 Å². The Morgan fingerprint density at radius 3 is 2.54 bits per heavy atom. The molecule has 0 spiro atoms. The SMILES string of the molecule is Cn1c(CCCC(=O)[O-])nc2cc(N(CCCl)CCCl)ccc21.[Cs+]. The molecule has 1 aromatic heterocycles. The second-order valence-electron chi connectivity index (χ2n) is 5.35. The molecule has 0 bridgehead atoms. The van der Waals surface area contributed by atoms with Crippen molar-refractivity contribution in [2.75, 3.05) is 29.7 Å². The molecular formula is C16H20Cl2CsN3O2. The minimum atomic E-state index is -1.02. The average molecular weight is 490 g/mol. The minimum Gasteiger partial charge on any atom is -0.550 e. The number of nitrogens with zero attached hydrogens (tertiary/aromatic N) is 3. The topological polar surface area (TPSA) is 61.2 Å². The Morgan fingerprint density at radius 2 is 1.96 bits per heavy atom. The van der Waals surface area contributed by atoms with Crippen molar-refractivity contribution in [3.8, 4) is 0 Å². The van der Waals surface area contributed by atoms with Crippen molar-refractivity contribution in [2.45, 2.75) is 19.3 Å². The van der Waals surface area contributed by atoms with E-state index in [-0.39, 0.29) is 75.3 Å². The van der Waals surface area contributed by atoms with E-state index in [0.717, 1.165) is 35.6 Å². The molecule has 8 heteroatoms. The Morgan fingerprint density at radius 1 is 1.29 bits per heavy atom. The molecule has 2 aromatic rings. The van der Waals surface area contributed by atoms with E-state index in [0.29, 0.717) is 24.6 Å². The first-order valence-corrected chi connectivity index (χ1v) is 8.65. The minimum absolute atomic E-state index is 0. The molecule has 2 rings (SSSR count). The van der Waals surface area contributed by atoms with Gasteiger partial charge in [-0.05, 0) is 31.0 Å². The number of hydrogen-bond donors (Lipinski definition) is 0. The zero-order chi connectivity index (χ0) is 16.8. The third kappa shape index (κ3) is 6.09. The van der Waals surface area contributed by atoms with Crippen LogP contribution in [0, 0.1) is 0 Å². The number of anilines is 1. The van der Waals surface area contributed by atoms with Crippen molar-refractivity contribution < 1.29 is 78.8 Å². The molecule has 1 aromatic carbocycles. The molecule has 0 N–H and O–H groups in total. The molecule has 0 fully saturated rings. The van der Waals surface area contributed by atoms with Gasteiger partial charge < -0.3 is 19.4 Å². The van der Waals surface area contributed by atoms with Crippen LogP contribution in [-0.2, 0) is 18.3 Å². The van der Waals surface area contributed by atoms with Crippen LogP contribution in [0.5, 0.6) is 0 Å². The van der Waals surface area contributed by atoms with Crippen LogP contribution in [0.25, 0.3) is 11.0 Å². The van der Waals surface area contributed by atoms with Gasteiger partial charge in [-0.1, -0.05) is 0 Å². The van der Waals surface area contributed by atoms with Crippen molar-refractivity contribution in [2.24, 2.45) is 7.05 Å². The van der Waals surface area contributed by atoms with Gasteiger partial charge in [0, 0.05) is 50.0 Å². The van der Waals surface area contributed by atoms with Crippen molar-refractivity contribution >= 4 is 45.9 Å². The number of hydrogen-bond acceptors (Lipinski definition) is 4. The van der Waals surface area contributed by atoms with Crippen molar-refractivity contribution in [1.82, 2.24) is 9.55 Å². The molecule has 1 heterocycles. The average Bonchev–Trinajstić information content (AvgIpc) is 2.83. The summed E-state index contributed by atoms with van der Waals surface area (Å²) in [5, 5.41) is 10.5. The Balaban J connectivity index is 0.00000288. The van der Waals surface area contributed by atoms with Gasteiger partial charge in [0.1, 0.15) is 5.82 Å². The van der Waals surface area contributed by atoms with E-state index in [9.17, 15) is 9.90 Å². The first kappa shape index (κ1) is 22.6. The number of carbonyl (C=O) groups excluding carboxylic acids is 1. The van der Waals surface area contributed by atoms with E-state index in [1.54, 1.807) is 0 Å². The summed E-state index contributed by atoms with van der Waals surface area (Å²) in [5.41, 5.74) is 2.95. The molecule has 0 atom stereocenters. The van der Waals surface area contributed by atoms with Crippen LogP contribution in [0.1, 0.15) is 18.7 Å². The molecule has 0 radical (unpaired) electrons. The van der Waals surface area contributed by atoms with Crippen LogP contribution < -0.4 is 78.9 Å². The summed E-state index contributed by atoms with van der Waals surface area (Å²) in [4.78, 5) is 17.3. The van der Waals surface area contributed by atoms with Crippen LogP contribution in [-0.4, -0.2) is 40.4 Å². The first-order valence-electron chi connectivity index (χ1n) is 7.59.